The molecule has 0 saturated heterocycles. The molecule has 1 atom stereocenters. The molecule has 0 aliphatic carbocycles. The third-order valence-electron chi connectivity index (χ3n) is 10.5. The predicted molar refractivity (Wildman–Crippen MR) is 251 cm³/mol. The molecule has 0 radical (unpaired) electrons. The summed E-state index contributed by atoms with van der Waals surface area (Å²) in [5, 5.41) is 0. The Bertz CT molecular complexity index is 1090. The average molecular weight is 825 g/mol. The van der Waals surface area contributed by atoms with Crippen LogP contribution >= 0.6 is 0 Å². The fraction of sp³-hybridized carbons (Fsp3) is 0.755. The number of esters is 3. The molecule has 0 amide bonds. The van der Waals surface area contributed by atoms with E-state index in [1.54, 1.807) is 0 Å². The van der Waals surface area contributed by atoms with Gasteiger partial charge in [0, 0.05) is 19.3 Å². The Labute approximate surface area is 364 Å². The topological polar surface area (TPSA) is 78.9 Å². The highest BCUT2D eigenvalue weighted by Crippen LogP contribution is 2.13. The van der Waals surface area contributed by atoms with Crippen molar-refractivity contribution < 1.29 is 28.6 Å². The molecule has 6 nitrogen and oxygen atoms in total. The van der Waals surface area contributed by atoms with Crippen LogP contribution in [0.5, 0.6) is 0 Å². The Balaban J connectivity index is 4.43. The molecule has 0 saturated carbocycles. The second kappa shape index (κ2) is 47.8. The Morgan fingerprint density at radius 1 is 0.356 bits per heavy atom. The Kier molecular flexibility index (Phi) is 45.4. The predicted octanol–water partition coefficient (Wildman–Crippen LogP) is 16.1. The summed E-state index contributed by atoms with van der Waals surface area (Å²) in [6.07, 6.45) is 57.7. The lowest BCUT2D eigenvalue weighted by Gasteiger charge is -2.18. The molecule has 0 heterocycles. The van der Waals surface area contributed by atoms with Crippen LogP contribution in [0.1, 0.15) is 239 Å². The van der Waals surface area contributed by atoms with E-state index in [0.717, 1.165) is 116 Å². The summed E-state index contributed by atoms with van der Waals surface area (Å²) in [7, 11) is 0. The van der Waals surface area contributed by atoms with Gasteiger partial charge in [-0.2, -0.15) is 0 Å². The summed E-state index contributed by atoms with van der Waals surface area (Å²) < 4.78 is 16.7. The molecule has 0 aromatic carbocycles. The molecular weight excluding hydrogens is 733 g/mol. The number of hydrogen-bond donors (Lipinski definition) is 0. The third-order valence-corrected chi connectivity index (χ3v) is 10.5. The number of carbonyl (C=O) groups excluding carboxylic acids is 3. The number of allylic oxidation sites excluding steroid dienone is 10. The van der Waals surface area contributed by atoms with Crippen LogP contribution in [0, 0.1) is 0 Å². The molecule has 0 aliphatic heterocycles. The lowest BCUT2D eigenvalue weighted by atomic mass is 10.1. The average Bonchev–Trinajstić information content (AvgIpc) is 3.23. The number of carbonyl (C=O) groups is 3. The molecule has 340 valence electrons. The van der Waals surface area contributed by atoms with Crippen molar-refractivity contribution in [1.29, 1.82) is 0 Å². The molecule has 0 aromatic rings. The monoisotopic (exact) mass is 825 g/mol. The second-order valence-corrected chi connectivity index (χ2v) is 16.3. The van der Waals surface area contributed by atoms with Crippen LogP contribution in [0.15, 0.2) is 60.8 Å². The maximum Gasteiger partial charge on any atom is 0.306 e. The maximum absolute atomic E-state index is 12.8. The molecule has 0 fully saturated rings. The van der Waals surface area contributed by atoms with Crippen molar-refractivity contribution in [2.45, 2.75) is 245 Å². The maximum atomic E-state index is 12.8. The quantitative estimate of drug-likeness (QED) is 0.0263. The van der Waals surface area contributed by atoms with Crippen LogP contribution in [0.3, 0.4) is 0 Å². The van der Waals surface area contributed by atoms with Gasteiger partial charge in [0.05, 0.1) is 0 Å². The van der Waals surface area contributed by atoms with E-state index in [1.807, 2.05) is 0 Å². The number of rotatable bonds is 44. The lowest BCUT2D eigenvalue weighted by molar-refractivity contribution is -0.167. The molecular formula is C53H92O6. The normalized spacial score (nSPS) is 12.5. The van der Waals surface area contributed by atoms with Crippen LogP contribution in [-0.2, 0) is 28.6 Å². The highest BCUT2D eigenvalue weighted by atomic mass is 16.6. The zero-order valence-electron chi connectivity index (χ0n) is 38.8. The van der Waals surface area contributed by atoms with Crippen LogP contribution < -0.4 is 0 Å². The number of unbranched alkanes of at least 4 members (excludes halogenated alkanes) is 23. The van der Waals surface area contributed by atoms with Crippen molar-refractivity contribution in [3.63, 3.8) is 0 Å². The second-order valence-electron chi connectivity index (χ2n) is 16.3. The van der Waals surface area contributed by atoms with Gasteiger partial charge in [0.15, 0.2) is 6.10 Å². The van der Waals surface area contributed by atoms with Gasteiger partial charge in [-0.3, -0.25) is 14.4 Å². The molecule has 0 aliphatic rings. The molecule has 6 heteroatoms. The van der Waals surface area contributed by atoms with Gasteiger partial charge in [-0.15, -0.1) is 0 Å². The molecule has 0 spiro atoms. The summed E-state index contributed by atoms with van der Waals surface area (Å²) in [5.41, 5.74) is 0. The minimum atomic E-state index is -0.787. The molecule has 0 bridgehead atoms. The first-order valence-electron chi connectivity index (χ1n) is 24.8. The van der Waals surface area contributed by atoms with E-state index >= 15 is 0 Å². The van der Waals surface area contributed by atoms with Crippen molar-refractivity contribution in [3.8, 4) is 0 Å². The van der Waals surface area contributed by atoms with E-state index in [-0.39, 0.29) is 31.1 Å². The van der Waals surface area contributed by atoms with Gasteiger partial charge in [-0.1, -0.05) is 178 Å². The van der Waals surface area contributed by atoms with Crippen molar-refractivity contribution in [2.75, 3.05) is 13.2 Å². The molecule has 0 unspecified atom stereocenters. The van der Waals surface area contributed by atoms with Crippen molar-refractivity contribution in [1.82, 2.24) is 0 Å². The van der Waals surface area contributed by atoms with Crippen molar-refractivity contribution in [3.05, 3.63) is 60.8 Å². The van der Waals surface area contributed by atoms with Gasteiger partial charge in [0.2, 0.25) is 0 Å². The van der Waals surface area contributed by atoms with E-state index in [1.165, 1.54) is 83.5 Å². The molecule has 0 rings (SSSR count). The third kappa shape index (κ3) is 46.0. The fourth-order valence-corrected chi connectivity index (χ4v) is 6.74. The molecule has 59 heavy (non-hydrogen) atoms. The highest BCUT2D eigenvalue weighted by molar-refractivity contribution is 5.71. The Morgan fingerprint density at radius 2 is 0.661 bits per heavy atom. The number of hydrogen-bond acceptors (Lipinski definition) is 6. The SMILES string of the molecule is CC/C=C\C/C=C\C/C=C\CCCCCCCC(=O)OC[C@@H](COC(=O)CCCCCCC/C=C\CCCCCC)OC(=O)CCCCCCC/C=C\CCCCCC. The van der Waals surface area contributed by atoms with E-state index < -0.39 is 6.10 Å². The van der Waals surface area contributed by atoms with E-state index in [4.69, 9.17) is 14.2 Å². The molecule has 0 aromatic heterocycles. The fourth-order valence-electron chi connectivity index (χ4n) is 6.74. The van der Waals surface area contributed by atoms with E-state index in [0.29, 0.717) is 19.3 Å². The highest BCUT2D eigenvalue weighted by Gasteiger charge is 2.19. The summed E-state index contributed by atoms with van der Waals surface area (Å²) in [6, 6.07) is 0. The van der Waals surface area contributed by atoms with Gasteiger partial charge in [0.1, 0.15) is 13.2 Å². The first-order chi connectivity index (χ1) is 29.0. The van der Waals surface area contributed by atoms with Gasteiger partial charge >= 0.3 is 17.9 Å². The van der Waals surface area contributed by atoms with Crippen LogP contribution in [-0.4, -0.2) is 37.2 Å². The zero-order chi connectivity index (χ0) is 43.0. The number of ether oxygens (including phenoxy) is 3. The van der Waals surface area contributed by atoms with Gasteiger partial charge in [-0.25, -0.2) is 0 Å². The van der Waals surface area contributed by atoms with E-state index in [9.17, 15) is 14.4 Å². The smallest absolute Gasteiger partial charge is 0.306 e. The van der Waals surface area contributed by atoms with Crippen LogP contribution in [0.4, 0.5) is 0 Å². The van der Waals surface area contributed by atoms with Gasteiger partial charge in [0.25, 0.3) is 0 Å². The summed E-state index contributed by atoms with van der Waals surface area (Å²) in [4.78, 5) is 37.9. The minimum absolute atomic E-state index is 0.0875. The van der Waals surface area contributed by atoms with Crippen LogP contribution in [0.2, 0.25) is 0 Å². The summed E-state index contributed by atoms with van der Waals surface area (Å²) in [6.45, 7) is 6.46. The van der Waals surface area contributed by atoms with Gasteiger partial charge < -0.3 is 14.2 Å². The zero-order valence-corrected chi connectivity index (χ0v) is 38.8. The van der Waals surface area contributed by atoms with Gasteiger partial charge in [-0.05, 0) is 103 Å². The standard InChI is InChI=1S/C53H92O6/c1-4-7-10-13-16-19-22-25-26-29-31-34-37-40-43-46-52(55)58-49-50(59-53(56)47-44-41-38-35-32-28-24-21-18-15-12-9-6-3)48-57-51(54)45-42-39-36-33-30-27-23-20-17-14-11-8-5-2/h7,10,16,19-21,23-26,50H,4-6,8-9,11-15,17-18,22,27-49H2,1-3H3/b10-7-,19-16-,23-20-,24-21-,26-25-/t50-/m1/s1. The molecule has 0 N–H and O–H groups in total. The van der Waals surface area contributed by atoms with Crippen molar-refractivity contribution in [2.24, 2.45) is 0 Å². The van der Waals surface area contributed by atoms with Crippen molar-refractivity contribution >= 4 is 17.9 Å². The lowest BCUT2D eigenvalue weighted by Crippen LogP contribution is -2.30. The first kappa shape index (κ1) is 56.1. The first-order valence-corrected chi connectivity index (χ1v) is 24.8. The Morgan fingerprint density at radius 3 is 1.05 bits per heavy atom. The largest absolute Gasteiger partial charge is 0.462 e. The summed E-state index contributed by atoms with van der Waals surface area (Å²) >= 11 is 0. The minimum Gasteiger partial charge on any atom is -0.462 e. The van der Waals surface area contributed by atoms with E-state index in [2.05, 4.69) is 81.5 Å². The Hall–Kier alpha value is -2.89. The summed E-state index contributed by atoms with van der Waals surface area (Å²) in [5.74, 6) is -0.921. The van der Waals surface area contributed by atoms with Crippen LogP contribution in [0.25, 0.3) is 0 Å².